The zero-order valence-electron chi connectivity index (χ0n) is 6.93. The minimum Gasteiger partial charge on any atom is -0.207 e. The van der Waals surface area contributed by atoms with Crippen LogP contribution >= 0.6 is 11.8 Å². The van der Waals surface area contributed by atoms with E-state index in [4.69, 9.17) is 0 Å². The second-order valence-electron chi connectivity index (χ2n) is 2.01. The lowest BCUT2D eigenvalue weighted by atomic mass is 10.2. The maximum absolute atomic E-state index is 13.0. The van der Waals surface area contributed by atoms with Crippen molar-refractivity contribution in [1.82, 2.24) is 0 Å². The summed E-state index contributed by atoms with van der Waals surface area (Å²) in [4.78, 5) is 0. The molecule has 0 atom stereocenters. The van der Waals surface area contributed by atoms with Gasteiger partial charge in [-0.25, -0.2) is 4.39 Å². The van der Waals surface area contributed by atoms with E-state index in [1.807, 2.05) is 6.26 Å². The van der Waals surface area contributed by atoms with E-state index in [9.17, 15) is 4.39 Å². The van der Waals surface area contributed by atoms with Crippen molar-refractivity contribution >= 4 is 11.8 Å². The highest BCUT2D eigenvalue weighted by Crippen LogP contribution is 2.13. The van der Waals surface area contributed by atoms with Gasteiger partial charge in [-0.3, -0.25) is 0 Å². The summed E-state index contributed by atoms with van der Waals surface area (Å²) in [7, 11) is 0. The third-order valence-corrected chi connectivity index (χ3v) is 1.77. The molecule has 0 fully saturated rings. The molecule has 0 nitrogen and oxygen atoms in total. The summed E-state index contributed by atoms with van der Waals surface area (Å²) in [6, 6.07) is 0. The smallest absolute Gasteiger partial charge is 0.126 e. The number of rotatable bonds is 4. The largest absolute Gasteiger partial charge is 0.207 e. The fourth-order valence-corrected chi connectivity index (χ4v) is 1.20. The van der Waals surface area contributed by atoms with E-state index >= 15 is 0 Å². The van der Waals surface area contributed by atoms with E-state index in [1.54, 1.807) is 30.8 Å². The molecule has 0 aliphatic rings. The normalized spacial score (nSPS) is 13.4. The quantitative estimate of drug-likeness (QED) is 0.586. The molecule has 0 unspecified atom stereocenters. The van der Waals surface area contributed by atoms with Crippen LogP contribution in [0.25, 0.3) is 0 Å². The van der Waals surface area contributed by atoms with Crippen LogP contribution in [0.5, 0.6) is 0 Å². The Labute approximate surface area is 71.9 Å². The van der Waals surface area contributed by atoms with E-state index in [1.165, 1.54) is 6.08 Å². The summed E-state index contributed by atoms with van der Waals surface area (Å²) in [6.07, 6.45) is 6.63. The van der Waals surface area contributed by atoms with Gasteiger partial charge in [-0.1, -0.05) is 18.7 Å². The molecule has 0 saturated heterocycles. The Morgan fingerprint density at radius 3 is 2.64 bits per heavy atom. The third kappa shape index (κ3) is 4.04. The minimum absolute atomic E-state index is 0.183. The first-order valence-electron chi connectivity index (χ1n) is 3.39. The fraction of sp³-hybridized carbons (Fsp3) is 0.333. The third-order valence-electron chi connectivity index (χ3n) is 1.17. The predicted molar refractivity (Wildman–Crippen MR) is 51.5 cm³/mol. The average molecular weight is 172 g/mol. The molecule has 0 saturated carbocycles. The SMILES string of the molecule is C=CC(CSC)=C(F)C=CC. The number of hydrogen-bond donors (Lipinski definition) is 0. The van der Waals surface area contributed by atoms with Crippen LogP contribution in [0.15, 0.2) is 36.2 Å². The lowest BCUT2D eigenvalue weighted by Gasteiger charge is -1.97. The van der Waals surface area contributed by atoms with Crippen molar-refractivity contribution in [3.05, 3.63) is 36.2 Å². The monoisotopic (exact) mass is 172 g/mol. The highest BCUT2D eigenvalue weighted by Gasteiger charge is 1.97. The van der Waals surface area contributed by atoms with Gasteiger partial charge in [-0.15, -0.1) is 0 Å². The van der Waals surface area contributed by atoms with Gasteiger partial charge >= 0.3 is 0 Å². The van der Waals surface area contributed by atoms with Crippen molar-refractivity contribution in [1.29, 1.82) is 0 Å². The van der Waals surface area contributed by atoms with Gasteiger partial charge in [0.05, 0.1) is 0 Å². The molecule has 0 aromatic carbocycles. The zero-order valence-corrected chi connectivity index (χ0v) is 7.75. The van der Waals surface area contributed by atoms with Gasteiger partial charge in [-0.2, -0.15) is 11.8 Å². The van der Waals surface area contributed by atoms with Gasteiger partial charge in [0.1, 0.15) is 5.83 Å². The van der Waals surface area contributed by atoms with Crippen molar-refractivity contribution in [3.63, 3.8) is 0 Å². The maximum atomic E-state index is 13.0. The van der Waals surface area contributed by atoms with Crippen LogP contribution in [-0.4, -0.2) is 12.0 Å². The molecular formula is C9H13FS. The zero-order chi connectivity index (χ0) is 8.69. The molecule has 0 amide bonds. The number of hydrogen-bond acceptors (Lipinski definition) is 1. The predicted octanol–water partition coefficient (Wildman–Crippen LogP) is 3.34. The van der Waals surface area contributed by atoms with E-state index in [2.05, 4.69) is 6.58 Å². The Morgan fingerprint density at radius 1 is 1.64 bits per heavy atom. The van der Waals surface area contributed by atoms with Crippen LogP contribution in [0, 0.1) is 0 Å². The van der Waals surface area contributed by atoms with E-state index in [0.29, 0.717) is 11.3 Å². The summed E-state index contributed by atoms with van der Waals surface area (Å²) < 4.78 is 13.0. The molecule has 0 heterocycles. The van der Waals surface area contributed by atoms with Crippen LogP contribution in [0.2, 0.25) is 0 Å². The van der Waals surface area contributed by atoms with Gasteiger partial charge < -0.3 is 0 Å². The standard InChI is InChI=1S/C9H13FS/c1-4-6-9(10)8(5-2)7-11-3/h4-6H,2,7H2,1,3H3. The summed E-state index contributed by atoms with van der Waals surface area (Å²) in [5.74, 6) is 0.497. The maximum Gasteiger partial charge on any atom is 0.126 e. The summed E-state index contributed by atoms with van der Waals surface area (Å²) in [5, 5.41) is 0. The molecule has 0 aromatic rings. The number of thioether (sulfide) groups is 1. The van der Waals surface area contributed by atoms with Crippen LogP contribution in [0.3, 0.4) is 0 Å². The van der Waals surface area contributed by atoms with Gasteiger partial charge in [-0.05, 0) is 24.8 Å². The van der Waals surface area contributed by atoms with Gasteiger partial charge in [0.25, 0.3) is 0 Å². The van der Waals surface area contributed by atoms with E-state index in [0.717, 1.165) is 0 Å². The van der Waals surface area contributed by atoms with Crippen LogP contribution < -0.4 is 0 Å². The molecule has 0 N–H and O–H groups in total. The van der Waals surface area contributed by atoms with Crippen molar-refractivity contribution < 1.29 is 4.39 Å². The van der Waals surface area contributed by atoms with Crippen LogP contribution in [-0.2, 0) is 0 Å². The van der Waals surface area contributed by atoms with Gasteiger partial charge in [0.15, 0.2) is 0 Å². The van der Waals surface area contributed by atoms with Crippen molar-refractivity contribution in [3.8, 4) is 0 Å². The molecule has 2 heteroatoms. The highest BCUT2D eigenvalue weighted by molar-refractivity contribution is 7.98. The lowest BCUT2D eigenvalue weighted by molar-refractivity contribution is 0.658. The average Bonchev–Trinajstić information content (AvgIpc) is 2.00. The number of allylic oxidation sites excluding steroid dienone is 4. The molecular weight excluding hydrogens is 159 g/mol. The first-order chi connectivity index (χ1) is 5.26. The molecule has 0 aromatic heterocycles. The topological polar surface area (TPSA) is 0 Å². The van der Waals surface area contributed by atoms with E-state index < -0.39 is 0 Å². The second kappa shape index (κ2) is 6.23. The summed E-state index contributed by atoms with van der Waals surface area (Å²) in [6.45, 7) is 5.33. The summed E-state index contributed by atoms with van der Waals surface area (Å²) in [5.41, 5.74) is 0.663. The van der Waals surface area contributed by atoms with Crippen molar-refractivity contribution in [2.45, 2.75) is 6.92 Å². The molecule has 0 rings (SSSR count). The Morgan fingerprint density at radius 2 is 2.27 bits per heavy atom. The molecule has 62 valence electrons. The Balaban J connectivity index is 4.38. The van der Waals surface area contributed by atoms with Gasteiger partial charge in [0, 0.05) is 5.75 Å². The van der Waals surface area contributed by atoms with Crippen LogP contribution in [0.1, 0.15) is 6.92 Å². The van der Waals surface area contributed by atoms with Crippen molar-refractivity contribution in [2.75, 3.05) is 12.0 Å². The van der Waals surface area contributed by atoms with E-state index in [-0.39, 0.29) is 5.83 Å². The molecule has 0 aliphatic carbocycles. The number of halogens is 1. The molecule has 0 aliphatic heterocycles. The first kappa shape index (κ1) is 10.5. The Kier molecular flexibility index (Phi) is 5.94. The molecule has 0 bridgehead atoms. The first-order valence-corrected chi connectivity index (χ1v) is 4.78. The van der Waals surface area contributed by atoms with Crippen LogP contribution in [0.4, 0.5) is 4.39 Å². The summed E-state index contributed by atoms with van der Waals surface area (Å²) >= 11 is 1.59. The molecule has 0 radical (unpaired) electrons. The Bertz CT molecular complexity index is 180. The molecule has 0 spiro atoms. The van der Waals surface area contributed by atoms with Gasteiger partial charge in [0.2, 0.25) is 0 Å². The Hall–Kier alpha value is -0.500. The van der Waals surface area contributed by atoms with Crippen molar-refractivity contribution in [2.24, 2.45) is 0 Å². The highest BCUT2D eigenvalue weighted by atomic mass is 32.2. The fourth-order valence-electron chi connectivity index (χ4n) is 0.634. The lowest BCUT2D eigenvalue weighted by Crippen LogP contribution is -1.84. The minimum atomic E-state index is -0.183. The second-order valence-corrected chi connectivity index (χ2v) is 2.88. The molecule has 11 heavy (non-hydrogen) atoms.